The minimum absolute atomic E-state index is 0.171. The number of aryl methyl sites for hydroxylation is 2. The standard InChI is InChI=1S/C16H22O3S/c17-20(18,12-13-5-2-1-3-6-13)19-16-10-9-14-7-4-8-15(14)11-16/h9-11,13H,1-8,12H2. The molecule has 2 aliphatic rings. The third kappa shape index (κ3) is 3.35. The average Bonchev–Trinajstić information content (AvgIpc) is 2.86. The fraction of sp³-hybridized carbons (Fsp3) is 0.625. The molecule has 0 spiro atoms. The lowest BCUT2D eigenvalue weighted by Gasteiger charge is -2.21. The highest BCUT2D eigenvalue weighted by Crippen LogP contribution is 2.28. The highest BCUT2D eigenvalue weighted by atomic mass is 32.2. The van der Waals surface area contributed by atoms with Crippen molar-refractivity contribution in [3.63, 3.8) is 0 Å². The number of hydrogen-bond acceptors (Lipinski definition) is 3. The molecule has 110 valence electrons. The van der Waals surface area contributed by atoms with Gasteiger partial charge in [0.2, 0.25) is 0 Å². The molecule has 1 fully saturated rings. The molecule has 1 saturated carbocycles. The Kier molecular flexibility index (Phi) is 4.01. The Labute approximate surface area is 121 Å². The normalized spacial score (nSPS) is 19.8. The van der Waals surface area contributed by atoms with Crippen LogP contribution in [0.3, 0.4) is 0 Å². The van der Waals surface area contributed by atoms with Gasteiger partial charge < -0.3 is 4.18 Å². The Morgan fingerprint density at radius 3 is 2.55 bits per heavy atom. The predicted octanol–water partition coefficient (Wildman–Crippen LogP) is 3.46. The van der Waals surface area contributed by atoms with E-state index in [2.05, 4.69) is 0 Å². The molecule has 0 amide bonds. The molecule has 3 nitrogen and oxygen atoms in total. The van der Waals surface area contributed by atoms with Crippen LogP contribution in [0.5, 0.6) is 5.75 Å². The zero-order valence-electron chi connectivity index (χ0n) is 11.8. The highest BCUT2D eigenvalue weighted by molar-refractivity contribution is 7.87. The van der Waals surface area contributed by atoms with Crippen molar-refractivity contribution in [1.82, 2.24) is 0 Å². The molecule has 0 aromatic heterocycles. The summed E-state index contributed by atoms with van der Waals surface area (Å²) >= 11 is 0. The van der Waals surface area contributed by atoms with Crippen LogP contribution in [0.1, 0.15) is 49.7 Å². The van der Waals surface area contributed by atoms with Crippen LogP contribution in [0.25, 0.3) is 0 Å². The van der Waals surface area contributed by atoms with Gasteiger partial charge in [-0.3, -0.25) is 0 Å². The van der Waals surface area contributed by atoms with Gasteiger partial charge in [-0.05, 0) is 61.3 Å². The summed E-state index contributed by atoms with van der Waals surface area (Å²) in [5, 5.41) is 0. The van der Waals surface area contributed by atoms with Gasteiger partial charge in [0.15, 0.2) is 0 Å². The van der Waals surface area contributed by atoms with E-state index in [1.165, 1.54) is 17.5 Å². The first-order valence-corrected chi connectivity index (χ1v) is 9.24. The molecule has 0 unspecified atom stereocenters. The minimum atomic E-state index is -3.45. The molecule has 0 bridgehead atoms. The van der Waals surface area contributed by atoms with Crippen LogP contribution in [-0.2, 0) is 23.0 Å². The maximum atomic E-state index is 12.1. The molecule has 0 N–H and O–H groups in total. The molecular formula is C16H22O3S. The van der Waals surface area contributed by atoms with Crippen LogP contribution in [0, 0.1) is 5.92 Å². The molecule has 0 aliphatic heterocycles. The largest absolute Gasteiger partial charge is 0.382 e. The Hall–Kier alpha value is -1.03. The second-order valence-electron chi connectivity index (χ2n) is 6.10. The molecule has 0 saturated heterocycles. The Morgan fingerprint density at radius 2 is 1.75 bits per heavy atom. The summed E-state index contributed by atoms with van der Waals surface area (Å²) in [5.41, 5.74) is 2.58. The second-order valence-corrected chi connectivity index (χ2v) is 7.71. The predicted molar refractivity (Wildman–Crippen MR) is 79.5 cm³/mol. The van der Waals surface area contributed by atoms with Crippen LogP contribution in [-0.4, -0.2) is 14.2 Å². The number of hydrogen-bond donors (Lipinski definition) is 0. The second kappa shape index (κ2) is 5.76. The van der Waals surface area contributed by atoms with Gasteiger partial charge in [0.1, 0.15) is 5.75 Å². The van der Waals surface area contributed by atoms with Gasteiger partial charge in [-0.1, -0.05) is 25.3 Å². The summed E-state index contributed by atoms with van der Waals surface area (Å²) in [6, 6.07) is 5.71. The smallest absolute Gasteiger partial charge is 0.309 e. The maximum Gasteiger partial charge on any atom is 0.309 e. The fourth-order valence-electron chi connectivity index (χ4n) is 3.42. The lowest BCUT2D eigenvalue weighted by atomic mass is 9.91. The van der Waals surface area contributed by atoms with Crippen molar-refractivity contribution in [2.24, 2.45) is 5.92 Å². The SMILES string of the molecule is O=S(=O)(CC1CCCCC1)Oc1ccc2c(c1)CCC2. The molecule has 0 heterocycles. The quantitative estimate of drug-likeness (QED) is 0.799. The molecule has 0 atom stereocenters. The van der Waals surface area contributed by atoms with Crippen LogP contribution in [0.2, 0.25) is 0 Å². The van der Waals surface area contributed by atoms with E-state index in [1.54, 1.807) is 6.07 Å². The van der Waals surface area contributed by atoms with Crippen molar-refractivity contribution in [3.05, 3.63) is 29.3 Å². The Morgan fingerprint density at radius 1 is 1.00 bits per heavy atom. The summed E-state index contributed by atoms with van der Waals surface area (Å²) in [6.07, 6.45) is 8.88. The minimum Gasteiger partial charge on any atom is -0.382 e. The summed E-state index contributed by atoms with van der Waals surface area (Å²) in [5.74, 6) is 0.939. The molecule has 4 heteroatoms. The van der Waals surface area contributed by atoms with Crippen LogP contribution >= 0.6 is 0 Å². The van der Waals surface area contributed by atoms with E-state index in [0.29, 0.717) is 5.75 Å². The van der Waals surface area contributed by atoms with E-state index >= 15 is 0 Å². The van der Waals surface area contributed by atoms with Gasteiger partial charge in [-0.15, -0.1) is 0 Å². The first kappa shape index (κ1) is 13.9. The molecule has 20 heavy (non-hydrogen) atoms. The van der Waals surface area contributed by atoms with Crippen molar-refractivity contribution in [1.29, 1.82) is 0 Å². The van der Waals surface area contributed by atoms with E-state index in [9.17, 15) is 8.42 Å². The molecule has 1 aromatic carbocycles. The number of benzene rings is 1. The Bertz CT molecular complexity index is 571. The topological polar surface area (TPSA) is 43.4 Å². The number of fused-ring (bicyclic) bond motifs is 1. The van der Waals surface area contributed by atoms with Gasteiger partial charge in [0.05, 0.1) is 5.75 Å². The summed E-state index contributed by atoms with van der Waals surface area (Å²) in [6.45, 7) is 0. The first-order chi connectivity index (χ1) is 9.62. The van der Waals surface area contributed by atoms with Crippen molar-refractivity contribution in [2.45, 2.75) is 51.4 Å². The van der Waals surface area contributed by atoms with Crippen molar-refractivity contribution in [3.8, 4) is 5.75 Å². The van der Waals surface area contributed by atoms with E-state index in [4.69, 9.17) is 4.18 Å². The highest BCUT2D eigenvalue weighted by Gasteiger charge is 2.23. The van der Waals surface area contributed by atoms with Gasteiger partial charge >= 0.3 is 10.1 Å². The monoisotopic (exact) mass is 294 g/mol. The van der Waals surface area contributed by atoms with Crippen LogP contribution in [0.15, 0.2) is 18.2 Å². The number of rotatable bonds is 4. The first-order valence-electron chi connectivity index (χ1n) is 7.66. The van der Waals surface area contributed by atoms with Crippen LogP contribution in [0.4, 0.5) is 0 Å². The summed E-state index contributed by atoms with van der Waals surface area (Å²) < 4.78 is 29.6. The van der Waals surface area contributed by atoms with Gasteiger partial charge in [0, 0.05) is 0 Å². The van der Waals surface area contributed by atoms with Gasteiger partial charge in [-0.25, -0.2) is 0 Å². The molecular weight excluding hydrogens is 272 g/mol. The lowest BCUT2D eigenvalue weighted by Crippen LogP contribution is -2.22. The summed E-state index contributed by atoms with van der Waals surface area (Å²) in [4.78, 5) is 0. The zero-order chi connectivity index (χ0) is 14.0. The lowest BCUT2D eigenvalue weighted by molar-refractivity contribution is 0.375. The van der Waals surface area contributed by atoms with E-state index in [1.807, 2.05) is 12.1 Å². The van der Waals surface area contributed by atoms with Crippen molar-refractivity contribution < 1.29 is 12.6 Å². The molecule has 1 aromatic rings. The zero-order valence-corrected chi connectivity index (χ0v) is 12.6. The van der Waals surface area contributed by atoms with E-state index in [-0.39, 0.29) is 11.7 Å². The Balaban J connectivity index is 1.66. The van der Waals surface area contributed by atoms with Crippen molar-refractivity contribution in [2.75, 3.05) is 5.75 Å². The van der Waals surface area contributed by atoms with Gasteiger partial charge in [0.25, 0.3) is 0 Å². The molecule has 3 rings (SSSR count). The van der Waals surface area contributed by atoms with E-state index < -0.39 is 10.1 Å². The third-order valence-electron chi connectivity index (χ3n) is 4.46. The van der Waals surface area contributed by atoms with Crippen molar-refractivity contribution >= 4 is 10.1 Å². The molecule has 2 aliphatic carbocycles. The van der Waals surface area contributed by atoms with Gasteiger partial charge in [-0.2, -0.15) is 8.42 Å². The van der Waals surface area contributed by atoms with E-state index in [0.717, 1.165) is 44.9 Å². The maximum absolute atomic E-state index is 12.1. The van der Waals surface area contributed by atoms with Crippen LogP contribution < -0.4 is 4.18 Å². The fourth-order valence-corrected chi connectivity index (χ4v) is 4.80. The summed E-state index contributed by atoms with van der Waals surface area (Å²) in [7, 11) is -3.45. The average molecular weight is 294 g/mol. The third-order valence-corrected chi connectivity index (χ3v) is 5.78. The molecule has 0 radical (unpaired) electrons.